The normalized spacial score (nSPS) is 15.2. The highest BCUT2D eigenvalue weighted by atomic mass is 35.5. The molecule has 0 saturated carbocycles. The van der Waals surface area contributed by atoms with Crippen molar-refractivity contribution in [1.82, 2.24) is 4.31 Å². The molecule has 0 radical (unpaired) electrons. The molecule has 1 N–H and O–H groups in total. The minimum absolute atomic E-state index is 0.0394. The molecular formula is C19H21ClN2O3S. The van der Waals surface area contributed by atoms with E-state index in [4.69, 9.17) is 11.6 Å². The first-order valence-electron chi connectivity index (χ1n) is 8.49. The molecule has 26 heavy (non-hydrogen) atoms. The summed E-state index contributed by atoms with van der Waals surface area (Å²) >= 11 is 5.97. The van der Waals surface area contributed by atoms with Crippen LogP contribution in [0, 0.1) is 6.92 Å². The lowest BCUT2D eigenvalue weighted by Gasteiger charge is -2.15. The molecule has 1 aliphatic rings. The summed E-state index contributed by atoms with van der Waals surface area (Å²) in [6.07, 6.45) is 1.84. The molecule has 0 aromatic heterocycles. The van der Waals surface area contributed by atoms with Crippen LogP contribution >= 0.6 is 11.6 Å². The third-order valence-corrected chi connectivity index (χ3v) is 6.56. The minimum atomic E-state index is -3.29. The molecule has 0 unspecified atom stereocenters. The van der Waals surface area contributed by atoms with Gasteiger partial charge in [0.2, 0.25) is 10.0 Å². The first-order valence-corrected chi connectivity index (χ1v) is 10.5. The van der Waals surface area contributed by atoms with Crippen molar-refractivity contribution in [1.29, 1.82) is 0 Å². The standard InChI is InChI=1S/C19H21ClN2O3S/c1-14-4-9-17(20)12-18(14)21-19(23)16-7-5-15(6-8-16)13-26(24,25)22-10-2-3-11-22/h4-9,12H,2-3,10-11,13H2,1H3,(H,21,23). The predicted octanol–water partition coefficient (Wildman–Crippen LogP) is 3.83. The maximum absolute atomic E-state index is 12.4. The quantitative estimate of drug-likeness (QED) is 0.840. The second-order valence-corrected chi connectivity index (χ2v) is 8.88. The van der Waals surface area contributed by atoms with E-state index in [2.05, 4.69) is 5.32 Å². The van der Waals surface area contributed by atoms with Crippen LogP contribution in [0.4, 0.5) is 5.69 Å². The molecule has 1 aliphatic heterocycles. The topological polar surface area (TPSA) is 66.5 Å². The number of hydrogen-bond acceptors (Lipinski definition) is 3. The second-order valence-electron chi connectivity index (χ2n) is 6.47. The number of anilines is 1. The van der Waals surface area contributed by atoms with Crippen LogP contribution in [0.5, 0.6) is 0 Å². The number of carbonyl (C=O) groups is 1. The van der Waals surface area contributed by atoms with E-state index in [0.717, 1.165) is 18.4 Å². The molecule has 0 spiro atoms. The van der Waals surface area contributed by atoms with Crippen LogP contribution in [0.15, 0.2) is 42.5 Å². The van der Waals surface area contributed by atoms with E-state index < -0.39 is 10.0 Å². The van der Waals surface area contributed by atoms with Gasteiger partial charge in [0.05, 0.1) is 5.75 Å². The summed E-state index contributed by atoms with van der Waals surface area (Å²) < 4.78 is 26.3. The summed E-state index contributed by atoms with van der Waals surface area (Å²) in [5, 5.41) is 3.38. The van der Waals surface area contributed by atoms with Crippen molar-refractivity contribution in [3.63, 3.8) is 0 Å². The van der Waals surface area contributed by atoms with Crippen molar-refractivity contribution in [2.75, 3.05) is 18.4 Å². The fraction of sp³-hybridized carbons (Fsp3) is 0.316. The highest BCUT2D eigenvalue weighted by Gasteiger charge is 2.25. The Hall–Kier alpha value is -1.89. The van der Waals surface area contributed by atoms with Crippen molar-refractivity contribution < 1.29 is 13.2 Å². The van der Waals surface area contributed by atoms with Crippen molar-refractivity contribution in [3.05, 3.63) is 64.2 Å². The van der Waals surface area contributed by atoms with Crippen LogP contribution in [-0.2, 0) is 15.8 Å². The molecule has 0 aliphatic carbocycles. The molecule has 2 aromatic carbocycles. The Morgan fingerprint density at radius 1 is 1.12 bits per heavy atom. The number of aryl methyl sites for hydroxylation is 1. The Labute approximate surface area is 159 Å². The molecule has 138 valence electrons. The lowest BCUT2D eigenvalue weighted by molar-refractivity contribution is 0.102. The summed E-state index contributed by atoms with van der Waals surface area (Å²) in [6.45, 7) is 3.09. The highest BCUT2D eigenvalue weighted by Crippen LogP contribution is 2.21. The molecule has 0 atom stereocenters. The van der Waals surface area contributed by atoms with E-state index >= 15 is 0 Å². The number of halogens is 1. The molecule has 1 saturated heterocycles. The Kier molecular flexibility index (Phi) is 5.65. The van der Waals surface area contributed by atoms with Crippen LogP contribution in [0.2, 0.25) is 5.02 Å². The van der Waals surface area contributed by atoms with Gasteiger partial charge >= 0.3 is 0 Å². The fourth-order valence-corrected chi connectivity index (χ4v) is 4.73. The van der Waals surface area contributed by atoms with Gasteiger partial charge in [-0.15, -0.1) is 0 Å². The lowest BCUT2D eigenvalue weighted by Crippen LogP contribution is -2.29. The Morgan fingerprint density at radius 2 is 1.77 bits per heavy atom. The SMILES string of the molecule is Cc1ccc(Cl)cc1NC(=O)c1ccc(CS(=O)(=O)N2CCCC2)cc1. The average molecular weight is 393 g/mol. The van der Waals surface area contributed by atoms with Gasteiger partial charge in [-0.2, -0.15) is 0 Å². The number of nitrogens with one attached hydrogen (secondary N) is 1. The molecule has 2 aromatic rings. The molecule has 0 bridgehead atoms. The smallest absolute Gasteiger partial charge is 0.255 e. The third kappa shape index (κ3) is 4.44. The van der Waals surface area contributed by atoms with Crippen molar-refractivity contribution in [3.8, 4) is 0 Å². The monoisotopic (exact) mass is 392 g/mol. The van der Waals surface area contributed by atoms with Crippen LogP contribution in [0.3, 0.4) is 0 Å². The molecule has 1 fully saturated rings. The number of rotatable bonds is 5. The van der Waals surface area contributed by atoms with E-state index in [1.54, 1.807) is 36.4 Å². The molecule has 3 rings (SSSR count). The van der Waals surface area contributed by atoms with Gasteiger partial charge in [-0.05, 0) is 55.2 Å². The van der Waals surface area contributed by atoms with E-state index in [9.17, 15) is 13.2 Å². The fourth-order valence-electron chi connectivity index (χ4n) is 2.94. The average Bonchev–Trinajstić information content (AvgIpc) is 3.14. The maximum Gasteiger partial charge on any atom is 0.255 e. The predicted molar refractivity (Wildman–Crippen MR) is 104 cm³/mol. The van der Waals surface area contributed by atoms with Gasteiger partial charge < -0.3 is 5.32 Å². The molecule has 5 nitrogen and oxygen atoms in total. The minimum Gasteiger partial charge on any atom is -0.322 e. The van der Waals surface area contributed by atoms with Crippen molar-refractivity contribution >= 4 is 33.2 Å². The number of amides is 1. The number of benzene rings is 2. The van der Waals surface area contributed by atoms with Crippen LogP contribution in [0.25, 0.3) is 0 Å². The Balaban J connectivity index is 1.69. The van der Waals surface area contributed by atoms with Gasteiger partial charge in [0, 0.05) is 29.4 Å². The highest BCUT2D eigenvalue weighted by molar-refractivity contribution is 7.88. The Bertz CT molecular complexity index is 905. The third-order valence-electron chi connectivity index (χ3n) is 4.47. The second kappa shape index (κ2) is 7.78. The molecular weight excluding hydrogens is 372 g/mol. The van der Waals surface area contributed by atoms with Crippen LogP contribution in [-0.4, -0.2) is 31.7 Å². The van der Waals surface area contributed by atoms with Crippen molar-refractivity contribution in [2.24, 2.45) is 0 Å². The Morgan fingerprint density at radius 3 is 2.42 bits per heavy atom. The van der Waals surface area contributed by atoms with Gasteiger partial charge in [0.15, 0.2) is 0 Å². The zero-order valence-corrected chi connectivity index (χ0v) is 16.1. The summed E-state index contributed by atoms with van der Waals surface area (Å²) in [6, 6.07) is 12.0. The van der Waals surface area contributed by atoms with Gasteiger partial charge in [0.1, 0.15) is 0 Å². The summed E-state index contributed by atoms with van der Waals surface area (Å²) in [4.78, 5) is 12.4. The zero-order chi connectivity index (χ0) is 18.7. The number of carbonyl (C=O) groups excluding carboxylic acids is 1. The first kappa shape index (κ1) is 18.9. The molecule has 1 heterocycles. The summed E-state index contributed by atoms with van der Waals surface area (Å²) in [7, 11) is -3.29. The number of hydrogen-bond donors (Lipinski definition) is 1. The zero-order valence-electron chi connectivity index (χ0n) is 14.5. The maximum atomic E-state index is 12.4. The van der Waals surface area contributed by atoms with E-state index in [-0.39, 0.29) is 11.7 Å². The van der Waals surface area contributed by atoms with Gasteiger partial charge in [-0.1, -0.05) is 29.8 Å². The molecule has 1 amide bonds. The van der Waals surface area contributed by atoms with E-state index in [0.29, 0.717) is 34.9 Å². The lowest BCUT2D eigenvalue weighted by atomic mass is 10.1. The first-order chi connectivity index (χ1) is 12.3. The summed E-state index contributed by atoms with van der Waals surface area (Å²) in [5.74, 6) is -0.299. The van der Waals surface area contributed by atoms with E-state index in [1.807, 2.05) is 13.0 Å². The van der Waals surface area contributed by atoms with Crippen LogP contribution in [0.1, 0.15) is 34.3 Å². The van der Waals surface area contributed by atoms with Gasteiger partial charge in [0.25, 0.3) is 5.91 Å². The van der Waals surface area contributed by atoms with Gasteiger partial charge in [-0.25, -0.2) is 12.7 Å². The van der Waals surface area contributed by atoms with Gasteiger partial charge in [-0.3, -0.25) is 4.79 Å². The largest absolute Gasteiger partial charge is 0.322 e. The number of sulfonamides is 1. The molecule has 7 heteroatoms. The summed E-state index contributed by atoms with van der Waals surface area (Å²) in [5.41, 5.74) is 2.71. The number of nitrogens with zero attached hydrogens (tertiary/aromatic N) is 1. The van der Waals surface area contributed by atoms with Crippen LogP contribution < -0.4 is 5.32 Å². The van der Waals surface area contributed by atoms with Crippen molar-refractivity contribution in [2.45, 2.75) is 25.5 Å². The van der Waals surface area contributed by atoms with E-state index in [1.165, 1.54) is 4.31 Å².